The third kappa shape index (κ3) is 2.92. The van der Waals surface area contributed by atoms with E-state index in [1.54, 1.807) is 18.5 Å². The van der Waals surface area contributed by atoms with Crippen molar-refractivity contribution >= 4 is 5.97 Å². The smallest absolute Gasteiger partial charge is 0.335 e. The second kappa shape index (κ2) is 6.08. The average Bonchev–Trinajstić information content (AvgIpc) is 2.62. The molecule has 0 spiro atoms. The third-order valence-corrected chi connectivity index (χ3v) is 3.42. The summed E-state index contributed by atoms with van der Waals surface area (Å²) in [5.74, 6) is -1.01. The highest BCUT2D eigenvalue weighted by molar-refractivity contribution is 5.89. The molecular formula is C18H11N3O2. The minimum Gasteiger partial charge on any atom is -0.478 e. The zero-order valence-corrected chi connectivity index (χ0v) is 12.0. The fraction of sp³-hybridized carbons (Fsp3) is 0. The summed E-state index contributed by atoms with van der Waals surface area (Å²) < 4.78 is 0. The van der Waals surface area contributed by atoms with E-state index in [-0.39, 0.29) is 5.56 Å². The lowest BCUT2D eigenvalue weighted by atomic mass is 9.98. The maximum atomic E-state index is 11.1. The number of nitriles is 1. The van der Waals surface area contributed by atoms with Crippen LogP contribution in [0.1, 0.15) is 15.9 Å². The van der Waals surface area contributed by atoms with Crippen LogP contribution in [0, 0.1) is 11.3 Å². The van der Waals surface area contributed by atoms with Gasteiger partial charge in [0.1, 0.15) is 0 Å². The van der Waals surface area contributed by atoms with Crippen LogP contribution in [0.4, 0.5) is 0 Å². The molecule has 2 heterocycles. The molecule has 0 bridgehead atoms. The number of aromatic nitrogens is 2. The van der Waals surface area contributed by atoms with Crippen molar-refractivity contribution in [2.24, 2.45) is 0 Å². The SMILES string of the molecule is N#Cc1cc(-c2cc(C(=O)O)ccn2)ccc1-c1cccnc1. The highest BCUT2D eigenvalue weighted by Gasteiger charge is 2.10. The van der Waals surface area contributed by atoms with E-state index in [1.807, 2.05) is 24.3 Å². The quantitative estimate of drug-likeness (QED) is 0.801. The van der Waals surface area contributed by atoms with Gasteiger partial charge in [-0.05, 0) is 24.3 Å². The summed E-state index contributed by atoms with van der Waals surface area (Å²) in [6.45, 7) is 0. The Balaban J connectivity index is 2.08. The van der Waals surface area contributed by atoms with Crippen molar-refractivity contribution in [1.29, 1.82) is 5.26 Å². The van der Waals surface area contributed by atoms with E-state index in [0.29, 0.717) is 16.8 Å². The summed E-state index contributed by atoms with van der Waals surface area (Å²) in [5, 5.41) is 18.5. The molecule has 5 nitrogen and oxygen atoms in total. The van der Waals surface area contributed by atoms with Crippen LogP contribution in [0.25, 0.3) is 22.4 Å². The van der Waals surface area contributed by atoms with Crippen molar-refractivity contribution in [3.05, 3.63) is 72.2 Å². The Morgan fingerprint density at radius 3 is 2.65 bits per heavy atom. The van der Waals surface area contributed by atoms with Gasteiger partial charge < -0.3 is 5.11 Å². The molecule has 3 rings (SSSR count). The van der Waals surface area contributed by atoms with Crippen LogP contribution in [-0.4, -0.2) is 21.0 Å². The number of hydrogen-bond acceptors (Lipinski definition) is 4. The molecule has 3 aromatic rings. The molecule has 0 aliphatic rings. The number of rotatable bonds is 3. The van der Waals surface area contributed by atoms with Crippen LogP contribution in [0.3, 0.4) is 0 Å². The highest BCUT2D eigenvalue weighted by Crippen LogP contribution is 2.27. The molecule has 0 amide bonds. The molecule has 1 aromatic carbocycles. The molecule has 1 N–H and O–H groups in total. The molecule has 2 aromatic heterocycles. The van der Waals surface area contributed by atoms with Crippen LogP contribution >= 0.6 is 0 Å². The van der Waals surface area contributed by atoms with Crippen molar-refractivity contribution < 1.29 is 9.90 Å². The summed E-state index contributed by atoms with van der Waals surface area (Å²) >= 11 is 0. The van der Waals surface area contributed by atoms with Crippen molar-refractivity contribution in [3.8, 4) is 28.5 Å². The first-order chi connectivity index (χ1) is 11.2. The van der Waals surface area contributed by atoms with Crippen molar-refractivity contribution in [1.82, 2.24) is 9.97 Å². The van der Waals surface area contributed by atoms with Gasteiger partial charge in [-0.2, -0.15) is 5.26 Å². The Labute approximate surface area is 132 Å². The fourth-order valence-electron chi connectivity index (χ4n) is 2.29. The van der Waals surface area contributed by atoms with Gasteiger partial charge in [-0.1, -0.05) is 18.2 Å². The minimum atomic E-state index is -1.01. The van der Waals surface area contributed by atoms with Crippen LogP contribution in [0.5, 0.6) is 0 Å². The fourth-order valence-corrected chi connectivity index (χ4v) is 2.29. The number of pyridine rings is 2. The highest BCUT2D eigenvalue weighted by atomic mass is 16.4. The molecule has 0 saturated carbocycles. The van der Waals surface area contributed by atoms with E-state index in [2.05, 4.69) is 16.0 Å². The van der Waals surface area contributed by atoms with Gasteiger partial charge in [0.15, 0.2) is 0 Å². The van der Waals surface area contributed by atoms with Crippen LogP contribution in [-0.2, 0) is 0 Å². The Morgan fingerprint density at radius 1 is 1.09 bits per heavy atom. The van der Waals surface area contributed by atoms with E-state index in [0.717, 1.165) is 11.1 Å². The first kappa shape index (κ1) is 14.4. The molecule has 0 atom stereocenters. The van der Waals surface area contributed by atoms with Crippen LogP contribution in [0.15, 0.2) is 61.1 Å². The van der Waals surface area contributed by atoms with Gasteiger partial charge in [0, 0.05) is 35.3 Å². The van der Waals surface area contributed by atoms with Crippen molar-refractivity contribution in [2.45, 2.75) is 0 Å². The molecular weight excluding hydrogens is 290 g/mol. The largest absolute Gasteiger partial charge is 0.478 e. The third-order valence-electron chi connectivity index (χ3n) is 3.42. The number of benzene rings is 1. The topological polar surface area (TPSA) is 86.9 Å². The lowest BCUT2D eigenvalue weighted by Crippen LogP contribution is -1.97. The molecule has 0 unspecified atom stereocenters. The number of carboxylic acids is 1. The monoisotopic (exact) mass is 301 g/mol. The molecule has 0 aliphatic heterocycles. The maximum Gasteiger partial charge on any atom is 0.335 e. The zero-order valence-electron chi connectivity index (χ0n) is 12.0. The first-order valence-corrected chi connectivity index (χ1v) is 6.83. The van der Waals surface area contributed by atoms with Gasteiger partial charge in [-0.3, -0.25) is 9.97 Å². The molecule has 0 radical (unpaired) electrons. The summed E-state index contributed by atoms with van der Waals surface area (Å²) in [7, 11) is 0. The Hall–Kier alpha value is -3.52. The van der Waals surface area contributed by atoms with Gasteiger partial charge >= 0.3 is 5.97 Å². The maximum absolute atomic E-state index is 11.1. The van der Waals surface area contributed by atoms with Gasteiger partial charge in [-0.25, -0.2) is 4.79 Å². The Bertz CT molecular complexity index is 915. The summed E-state index contributed by atoms with van der Waals surface area (Å²) in [4.78, 5) is 19.3. The van der Waals surface area contributed by atoms with E-state index in [9.17, 15) is 10.1 Å². The minimum absolute atomic E-state index is 0.157. The number of nitrogens with zero attached hydrogens (tertiary/aromatic N) is 3. The molecule has 0 fully saturated rings. The van der Waals surface area contributed by atoms with Gasteiger partial charge in [0.25, 0.3) is 0 Å². The van der Waals surface area contributed by atoms with E-state index in [4.69, 9.17) is 5.11 Å². The van der Waals surface area contributed by atoms with Gasteiger partial charge in [-0.15, -0.1) is 0 Å². The van der Waals surface area contributed by atoms with E-state index >= 15 is 0 Å². The number of hydrogen-bond donors (Lipinski definition) is 1. The molecule has 0 aliphatic carbocycles. The zero-order chi connectivity index (χ0) is 16.2. The molecule has 23 heavy (non-hydrogen) atoms. The molecule has 0 saturated heterocycles. The van der Waals surface area contributed by atoms with Crippen LogP contribution < -0.4 is 0 Å². The summed E-state index contributed by atoms with van der Waals surface area (Å²) in [5.41, 5.74) is 3.47. The van der Waals surface area contributed by atoms with Crippen molar-refractivity contribution in [3.63, 3.8) is 0 Å². The summed E-state index contributed by atoms with van der Waals surface area (Å²) in [6.07, 6.45) is 4.81. The number of carbonyl (C=O) groups is 1. The molecule has 110 valence electrons. The van der Waals surface area contributed by atoms with Crippen LogP contribution in [0.2, 0.25) is 0 Å². The first-order valence-electron chi connectivity index (χ1n) is 6.83. The lowest BCUT2D eigenvalue weighted by molar-refractivity contribution is 0.0697. The molecule has 5 heteroatoms. The summed E-state index contributed by atoms with van der Waals surface area (Å²) in [6, 6.07) is 14.1. The second-order valence-electron chi connectivity index (χ2n) is 4.85. The Kier molecular flexibility index (Phi) is 3.81. The predicted octanol–water partition coefficient (Wildman–Crippen LogP) is 3.38. The van der Waals surface area contributed by atoms with E-state index < -0.39 is 5.97 Å². The van der Waals surface area contributed by atoms with Gasteiger partial charge in [0.05, 0.1) is 22.9 Å². The standard InChI is InChI=1S/C18H11N3O2/c19-10-15-8-12(17-9-13(18(22)23)5-7-21-17)3-4-16(15)14-2-1-6-20-11-14/h1-9,11H,(H,22,23). The van der Waals surface area contributed by atoms with E-state index in [1.165, 1.54) is 18.3 Å². The number of aromatic carboxylic acids is 1. The number of carboxylic acid groups (broad SMARTS) is 1. The normalized spacial score (nSPS) is 10.0. The Morgan fingerprint density at radius 2 is 1.96 bits per heavy atom. The predicted molar refractivity (Wildman–Crippen MR) is 84.6 cm³/mol. The van der Waals surface area contributed by atoms with Crippen molar-refractivity contribution in [2.75, 3.05) is 0 Å². The second-order valence-corrected chi connectivity index (χ2v) is 4.85. The average molecular weight is 301 g/mol. The van der Waals surface area contributed by atoms with Gasteiger partial charge in [0.2, 0.25) is 0 Å². The lowest BCUT2D eigenvalue weighted by Gasteiger charge is -2.07.